The van der Waals surface area contributed by atoms with Gasteiger partial charge in [0.1, 0.15) is 0 Å². The Morgan fingerprint density at radius 1 is 1.09 bits per heavy atom. The molecule has 0 radical (unpaired) electrons. The van der Waals surface area contributed by atoms with Crippen molar-refractivity contribution >= 4 is 10.2 Å². The van der Waals surface area contributed by atoms with E-state index in [9.17, 15) is 8.42 Å². The summed E-state index contributed by atoms with van der Waals surface area (Å²) in [7, 11) is -0.284. The summed E-state index contributed by atoms with van der Waals surface area (Å²) in [6.07, 6.45) is 0. The van der Waals surface area contributed by atoms with Crippen molar-refractivity contribution < 1.29 is 17.9 Å². The highest BCUT2D eigenvalue weighted by Gasteiger charge is 2.20. The Kier molecular flexibility index (Phi) is 7.12. The van der Waals surface area contributed by atoms with Crippen LogP contribution in [-0.4, -0.2) is 35.7 Å². The number of hydrogen-bond acceptors (Lipinski definition) is 4. The molecule has 0 spiro atoms. The van der Waals surface area contributed by atoms with Gasteiger partial charge in [-0.2, -0.15) is 8.42 Å². The van der Waals surface area contributed by atoms with E-state index in [0.717, 1.165) is 5.56 Å². The normalized spacial score (nSPS) is 13.2. The van der Waals surface area contributed by atoms with E-state index in [0.29, 0.717) is 24.6 Å². The third-order valence-electron chi connectivity index (χ3n) is 3.47. The maximum atomic E-state index is 11.7. The molecule has 1 rings (SSSR count). The molecule has 2 N–H and O–H groups in total. The van der Waals surface area contributed by atoms with Gasteiger partial charge in [0.15, 0.2) is 11.5 Å². The van der Waals surface area contributed by atoms with Crippen LogP contribution in [0.3, 0.4) is 0 Å². The zero-order valence-corrected chi connectivity index (χ0v) is 14.7. The van der Waals surface area contributed by atoms with E-state index in [1.54, 1.807) is 21.1 Å². The lowest BCUT2D eigenvalue weighted by Gasteiger charge is -2.23. The maximum Gasteiger partial charge on any atom is 0.276 e. The van der Waals surface area contributed by atoms with Crippen molar-refractivity contribution in [1.82, 2.24) is 9.44 Å². The fourth-order valence-electron chi connectivity index (χ4n) is 2.26. The highest BCUT2D eigenvalue weighted by molar-refractivity contribution is 7.87. The molecule has 0 amide bonds. The highest BCUT2D eigenvalue weighted by Crippen LogP contribution is 2.33. The molecule has 7 heteroatoms. The lowest BCUT2D eigenvalue weighted by Crippen LogP contribution is -2.39. The first-order chi connectivity index (χ1) is 10.3. The fourth-order valence-corrected chi connectivity index (χ4v) is 3.14. The van der Waals surface area contributed by atoms with Crippen LogP contribution in [0, 0.1) is 5.92 Å². The van der Waals surface area contributed by atoms with Gasteiger partial charge < -0.3 is 9.47 Å². The Hall–Kier alpha value is -1.31. The summed E-state index contributed by atoms with van der Waals surface area (Å²) < 4.78 is 39.1. The van der Waals surface area contributed by atoms with Crippen LogP contribution in [0.25, 0.3) is 0 Å². The Morgan fingerprint density at radius 3 is 2.23 bits per heavy atom. The Labute approximate surface area is 133 Å². The molecule has 0 saturated heterocycles. The first-order valence-corrected chi connectivity index (χ1v) is 8.79. The zero-order chi connectivity index (χ0) is 16.8. The minimum Gasteiger partial charge on any atom is -0.493 e. The highest BCUT2D eigenvalue weighted by atomic mass is 32.2. The molecule has 0 heterocycles. The number of nitrogens with one attached hydrogen (secondary N) is 2. The molecule has 1 aromatic carbocycles. The molecule has 0 aliphatic rings. The van der Waals surface area contributed by atoms with Crippen LogP contribution in [0.5, 0.6) is 11.5 Å². The van der Waals surface area contributed by atoms with Gasteiger partial charge in [0, 0.05) is 13.1 Å². The number of benzene rings is 1. The molecule has 1 aromatic rings. The second-order valence-electron chi connectivity index (χ2n) is 5.31. The molecule has 22 heavy (non-hydrogen) atoms. The minimum atomic E-state index is -3.45. The first kappa shape index (κ1) is 18.7. The summed E-state index contributed by atoms with van der Waals surface area (Å²) in [6.45, 7) is 6.54. The van der Waals surface area contributed by atoms with Crippen molar-refractivity contribution in [2.45, 2.75) is 26.7 Å². The van der Waals surface area contributed by atoms with Crippen molar-refractivity contribution in [2.24, 2.45) is 5.92 Å². The minimum absolute atomic E-state index is 0.0354. The molecule has 0 saturated carbocycles. The van der Waals surface area contributed by atoms with Gasteiger partial charge in [-0.05, 0) is 29.5 Å². The van der Waals surface area contributed by atoms with E-state index in [1.165, 1.54) is 0 Å². The third kappa shape index (κ3) is 5.15. The SMILES string of the molecule is CCNS(=O)(=O)NCC(c1ccc(OC)c(OC)c1)C(C)C. The lowest BCUT2D eigenvalue weighted by molar-refractivity contribution is 0.353. The van der Waals surface area contributed by atoms with Gasteiger partial charge in [-0.3, -0.25) is 0 Å². The van der Waals surface area contributed by atoms with E-state index in [1.807, 2.05) is 18.2 Å². The van der Waals surface area contributed by atoms with E-state index < -0.39 is 10.2 Å². The molecule has 0 aliphatic carbocycles. The fraction of sp³-hybridized carbons (Fsp3) is 0.600. The zero-order valence-electron chi connectivity index (χ0n) is 13.8. The van der Waals surface area contributed by atoms with Gasteiger partial charge in [-0.1, -0.05) is 26.8 Å². The van der Waals surface area contributed by atoms with Gasteiger partial charge >= 0.3 is 0 Å². The summed E-state index contributed by atoms with van der Waals surface area (Å²) in [5, 5.41) is 0. The number of ether oxygens (including phenoxy) is 2. The van der Waals surface area contributed by atoms with Gasteiger partial charge in [0.05, 0.1) is 14.2 Å². The summed E-state index contributed by atoms with van der Waals surface area (Å²) in [5.41, 5.74) is 1.01. The van der Waals surface area contributed by atoms with Crippen molar-refractivity contribution in [3.63, 3.8) is 0 Å². The molecule has 0 aliphatic heterocycles. The Morgan fingerprint density at radius 2 is 1.73 bits per heavy atom. The lowest BCUT2D eigenvalue weighted by atomic mass is 9.88. The first-order valence-electron chi connectivity index (χ1n) is 7.30. The van der Waals surface area contributed by atoms with Crippen LogP contribution >= 0.6 is 0 Å². The number of hydrogen-bond donors (Lipinski definition) is 2. The van der Waals surface area contributed by atoms with Crippen molar-refractivity contribution in [3.05, 3.63) is 23.8 Å². The molecule has 126 valence electrons. The molecule has 1 atom stereocenters. The van der Waals surface area contributed by atoms with Gasteiger partial charge in [0.2, 0.25) is 0 Å². The van der Waals surface area contributed by atoms with Gasteiger partial charge in [-0.25, -0.2) is 9.44 Å². The summed E-state index contributed by atoms with van der Waals surface area (Å²) in [4.78, 5) is 0. The summed E-state index contributed by atoms with van der Waals surface area (Å²) in [5.74, 6) is 1.60. The predicted octanol–water partition coefficient (Wildman–Crippen LogP) is 1.89. The average molecular weight is 330 g/mol. The van der Waals surface area contributed by atoms with E-state index >= 15 is 0 Å². The number of rotatable bonds is 9. The van der Waals surface area contributed by atoms with Gasteiger partial charge in [0.25, 0.3) is 10.2 Å². The van der Waals surface area contributed by atoms with Crippen molar-refractivity contribution in [1.29, 1.82) is 0 Å². The topological polar surface area (TPSA) is 76.7 Å². The second kappa shape index (κ2) is 8.36. The van der Waals surface area contributed by atoms with Crippen LogP contribution in [-0.2, 0) is 10.2 Å². The van der Waals surface area contributed by atoms with E-state index in [-0.39, 0.29) is 11.8 Å². The van der Waals surface area contributed by atoms with Crippen molar-refractivity contribution in [2.75, 3.05) is 27.3 Å². The largest absolute Gasteiger partial charge is 0.493 e. The monoisotopic (exact) mass is 330 g/mol. The molecule has 1 unspecified atom stereocenters. The Balaban J connectivity index is 2.96. The standard InChI is InChI=1S/C15H26N2O4S/c1-6-16-22(18,19)17-10-13(11(2)3)12-7-8-14(20-4)15(9-12)21-5/h7-9,11,13,16-17H,6,10H2,1-5H3. The Bertz CT molecular complexity index is 573. The van der Waals surface area contributed by atoms with Gasteiger partial charge in [-0.15, -0.1) is 0 Å². The number of methoxy groups -OCH3 is 2. The summed E-state index contributed by atoms with van der Waals surface area (Å²) >= 11 is 0. The molecular formula is C15H26N2O4S. The smallest absolute Gasteiger partial charge is 0.276 e. The molecule has 0 fully saturated rings. The molecule has 0 bridgehead atoms. The molecule has 0 aromatic heterocycles. The van der Waals surface area contributed by atoms with Crippen LogP contribution < -0.4 is 18.9 Å². The van der Waals surface area contributed by atoms with Crippen LogP contribution in [0.2, 0.25) is 0 Å². The average Bonchev–Trinajstić information content (AvgIpc) is 2.46. The quantitative estimate of drug-likeness (QED) is 0.725. The maximum absolute atomic E-state index is 11.7. The van der Waals surface area contributed by atoms with Crippen LogP contribution in [0.4, 0.5) is 0 Å². The van der Waals surface area contributed by atoms with Crippen molar-refractivity contribution in [3.8, 4) is 11.5 Å². The van der Waals surface area contributed by atoms with Crippen LogP contribution in [0.1, 0.15) is 32.3 Å². The predicted molar refractivity (Wildman–Crippen MR) is 87.7 cm³/mol. The van der Waals surface area contributed by atoms with E-state index in [4.69, 9.17) is 9.47 Å². The van der Waals surface area contributed by atoms with Crippen LogP contribution in [0.15, 0.2) is 18.2 Å². The molecule has 6 nitrogen and oxygen atoms in total. The van der Waals surface area contributed by atoms with E-state index in [2.05, 4.69) is 23.3 Å². The third-order valence-corrected chi connectivity index (χ3v) is 4.68. The summed E-state index contributed by atoms with van der Waals surface area (Å²) in [6, 6.07) is 5.67. The molecular weight excluding hydrogens is 304 g/mol. The second-order valence-corrected chi connectivity index (χ2v) is 6.90.